The van der Waals surface area contributed by atoms with E-state index in [4.69, 9.17) is 5.73 Å². The highest BCUT2D eigenvalue weighted by Crippen LogP contribution is 2.21. The van der Waals surface area contributed by atoms with Crippen LogP contribution >= 0.6 is 11.3 Å². The molecule has 5 nitrogen and oxygen atoms in total. The van der Waals surface area contributed by atoms with Crippen molar-refractivity contribution in [2.45, 2.75) is 25.3 Å². The van der Waals surface area contributed by atoms with Crippen LogP contribution in [0.3, 0.4) is 0 Å². The van der Waals surface area contributed by atoms with Gasteiger partial charge in [-0.3, -0.25) is 0 Å². The van der Waals surface area contributed by atoms with Crippen molar-refractivity contribution in [3.8, 4) is 0 Å². The molecule has 0 atom stereocenters. The van der Waals surface area contributed by atoms with Crippen LogP contribution in [-0.4, -0.2) is 13.4 Å². The van der Waals surface area contributed by atoms with E-state index in [1.165, 1.54) is 28.8 Å². The molecule has 0 saturated carbocycles. The molecule has 3 N–H and O–H groups in total. The van der Waals surface area contributed by atoms with E-state index in [2.05, 4.69) is 9.71 Å². The van der Waals surface area contributed by atoms with Crippen LogP contribution in [0, 0.1) is 13.8 Å². The van der Waals surface area contributed by atoms with Gasteiger partial charge in [-0.2, -0.15) is 0 Å². The number of pyridine rings is 1. The van der Waals surface area contributed by atoms with Crippen LogP contribution < -0.4 is 10.5 Å². The molecule has 0 aliphatic heterocycles. The summed E-state index contributed by atoms with van der Waals surface area (Å²) in [6, 6.07) is 4.90. The van der Waals surface area contributed by atoms with Gasteiger partial charge in [-0.05, 0) is 37.6 Å². The summed E-state index contributed by atoms with van der Waals surface area (Å²) < 4.78 is 26.6. The molecule has 0 fully saturated rings. The number of thiophene rings is 1. The number of nitrogens with zero attached hydrogens (tertiary/aromatic N) is 1. The molecule has 0 aliphatic carbocycles. The average molecular weight is 297 g/mol. The predicted octanol–water partition coefficient (Wildman–Crippen LogP) is 1.82. The van der Waals surface area contributed by atoms with E-state index in [9.17, 15) is 8.42 Å². The Morgan fingerprint density at radius 2 is 2.11 bits per heavy atom. The average Bonchev–Trinajstić information content (AvgIpc) is 2.67. The zero-order valence-electron chi connectivity index (χ0n) is 10.7. The van der Waals surface area contributed by atoms with Crippen molar-refractivity contribution >= 4 is 27.2 Å². The molecule has 0 bridgehead atoms. The van der Waals surface area contributed by atoms with Crippen molar-refractivity contribution in [1.29, 1.82) is 0 Å². The van der Waals surface area contributed by atoms with Crippen molar-refractivity contribution in [3.05, 3.63) is 39.7 Å². The first kappa shape index (κ1) is 14.0. The standard InChI is InChI=1S/C12H15N3O2S2/c1-8-5-10(18-9(8)2)6-15-19(16,17)11-3-4-12(13)14-7-11/h3-5,7,15H,6H2,1-2H3,(H2,13,14). The molecule has 0 saturated heterocycles. The van der Waals surface area contributed by atoms with E-state index in [0.29, 0.717) is 5.82 Å². The number of anilines is 1. The quantitative estimate of drug-likeness (QED) is 0.901. The molecular formula is C12H15N3O2S2. The Balaban J connectivity index is 2.11. The van der Waals surface area contributed by atoms with Gasteiger partial charge in [-0.25, -0.2) is 18.1 Å². The van der Waals surface area contributed by atoms with Crippen LogP contribution in [0.25, 0.3) is 0 Å². The number of nitrogens with two attached hydrogens (primary N) is 1. The first-order valence-electron chi connectivity index (χ1n) is 5.65. The van der Waals surface area contributed by atoms with Gasteiger partial charge in [0.25, 0.3) is 0 Å². The van der Waals surface area contributed by atoms with Gasteiger partial charge in [0.1, 0.15) is 10.7 Å². The maximum absolute atomic E-state index is 12.0. The second-order valence-corrected chi connectivity index (χ2v) is 7.30. The van der Waals surface area contributed by atoms with Crippen LogP contribution in [0.15, 0.2) is 29.3 Å². The van der Waals surface area contributed by atoms with Crippen LogP contribution in [0.4, 0.5) is 5.82 Å². The second kappa shape index (κ2) is 5.28. The van der Waals surface area contributed by atoms with E-state index < -0.39 is 10.0 Å². The molecule has 2 heterocycles. The fourth-order valence-electron chi connectivity index (χ4n) is 1.54. The van der Waals surface area contributed by atoms with Crippen LogP contribution in [-0.2, 0) is 16.6 Å². The number of aryl methyl sites for hydroxylation is 2. The molecule has 19 heavy (non-hydrogen) atoms. The largest absolute Gasteiger partial charge is 0.384 e. The number of hydrogen-bond acceptors (Lipinski definition) is 5. The number of sulfonamides is 1. The highest BCUT2D eigenvalue weighted by atomic mass is 32.2. The van der Waals surface area contributed by atoms with Gasteiger partial charge < -0.3 is 5.73 Å². The van der Waals surface area contributed by atoms with Crippen molar-refractivity contribution in [3.63, 3.8) is 0 Å². The van der Waals surface area contributed by atoms with Gasteiger partial charge in [0.05, 0.1) is 0 Å². The lowest BCUT2D eigenvalue weighted by molar-refractivity contribution is 0.581. The van der Waals surface area contributed by atoms with Gasteiger partial charge in [-0.15, -0.1) is 11.3 Å². The second-order valence-electron chi connectivity index (χ2n) is 4.20. The van der Waals surface area contributed by atoms with E-state index in [1.807, 2.05) is 19.9 Å². The van der Waals surface area contributed by atoms with Crippen LogP contribution in [0.5, 0.6) is 0 Å². The summed E-state index contributed by atoms with van der Waals surface area (Å²) in [5.74, 6) is 0.295. The van der Waals surface area contributed by atoms with E-state index in [1.54, 1.807) is 11.3 Å². The molecule has 0 aliphatic rings. The lowest BCUT2D eigenvalue weighted by atomic mass is 10.3. The van der Waals surface area contributed by atoms with Gasteiger partial charge in [0, 0.05) is 22.5 Å². The van der Waals surface area contributed by atoms with Gasteiger partial charge in [-0.1, -0.05) is 0 Å². The Labute approximate surface area is 116 Å². The fourth-order valence-corrected chi connectivity index (χ4v) is 3.57. The third-order valence-electron chi connectivity index (χ3n) is 2.72. The molecule has 2 rings (SSSR count). The lowest BCUT2D eigenvalue weighted by Crippen LogP contribution is -2.23. The highest BCUT2D eigenvalue weighted by molar-refractivity contribution is 7.89. The summed E-state index contributed by atoms with van der Waals surface area (Å²) >= 11 is 1.59. The Bertz CT molecular complexity index is 656. The number of nitrogen functional groups attached to an aromatic ring is 1. The third kappa shape index (κ3) is 3.31. The molecule has 7 heteroatoms. The van der Waals surface area contributed by atoms with Gasteiger partial charge in [0.2, 0.25) is 10.0 Å². The van der Waals surface area contributed by atoms with Gasteiger partial charge in [0.15, 0.2) is 0 Å². The number of aromatic nitrogens is 1. The first-order valence-corrected chi connectivity index (χ1v) is 7.95. The fraction of sp³-hybridized carbons (Fsp3) is 0.250. The van der Waals surface area contributed by atoms with E-state index in [0.717, 1.165) is 4.88 Å². The Kier molecular flexibility index (Phi) is 3.88. The van der Waals surface area contributed by atoms with Crippen molar-refractivity contribution in [2.24, 2.45) is 0 Å². The molecule has 102 valence electrons. The zero-order valence-corrected chi connectivity index (χ0v) is 12.3. The van der Waals surface area contributed by atoms with Gasteiger partial charge >= 0.3 is 0 Å². The summed E-state index contributed by atoms with van der Waals surface area (Å²) in [5, 5.41) is 0. The van der Waals surface area contributed by atoms with Crippen molar-refractivity contribution in [1.82, 2.24) is 9.71 Å². The topological polar surface area (TPSA) is 85.1 Å². The maximum Gasteiger partial charge on any atom is 0.242 e. The molecular weight excluding hydrogens is 282 g/mol. The Morgan fingerprint density at radius 3 is 2.63 bits per heavy atom. The minimum absolute atomic E-state index is 0.117. The van der Waals surface area contributed by atoms with Crippen molar-refractivity contribution < 1.29 is 8.42 Å². The van der Waals surface area contributed by atoms with Crippen LogP contribution in [0.1, 0.15) is 15.3 Å². The lowest BCUT2D eigenvalue weighted by Gasteiger charge is -2.05. The minimum Gasteiger partial charge on any atom is -0.384 e. The van der Waals surface area contributed by atoms with Crippen LogP contribution in [0.2, 0.25) is 0 Å². The molecule has 0 spiro atoms. The molecule has 0 aromatic carbocycles. The number of rotatable bonds is 4. The monoisotopic (exact) mass is 297 g/mol. The zero-order chi connectivity index (χ0) is 14.0. The maximum atomic E-state index is 12.0. The molecule has 2 aromatic rings. The summed E-state index contributed by atoms with van der Waals surface area (Å²) in [6.07, 6.45) is 1.25. The summed E-state index contributed by atoms with van der Waals surface area (Å²) in [6.45, 7) is 4.31. The minimum atomic E-state index is -3.54. The normalized spacial score (nSPS) is 11.7. The Hall–Kier alpha value is -1.44. The molecule has 0 unspecified atom stereocenters. The third-order valence-corrected chi connectivity index (χ3v) is 5.26. The highest BCUT2D eigenvalue weighted by Gasteiger charge is 2.14. The number of hydrogen-bond donors (Lipinski definition) is 2. The van der Waals surface area contributed by atoms with E-state index in [-0.39, 0.29) is 11.4 Å². The first-order chi connectivity index (χ1) is 8.88. The summed E-state index contributed by atoms with van der Waals surface area (Å²) in [5.41, 5.74) is 6.60. The van der Waals surface area contributed by atoms with E-state index >= 15 is 0 Å². The van der Waals surface area contributed by atoms with Crippen molar-refractivity contribution in [2.75, 3.05) is 5.73 Å². The summed E-state index contributed by atoms with van der Waals surface area (Å²) in [4.78, 5) is 6.08. The molecule has 2 aromatic heterocycles. The Morgan fingerprint density at radius 1 is 1.37 bits per heavy atom. The SMILES string of the molecule is Cc1cc(CNS(=O)(=O)c2ccc(N)nc2)sc1C. The number of nitrogens with one attached hydrogen (secondary N) is 1. The smallest absolute Gasteiger partial charge is 0.242 e. The molecule has 0 radical (unpaired) electrons. The molecule has 0 amide bonds. The predicted molar refractivity (Wildman–Crippen MR) is 76.5 cm³/mol. The summed E-state index contributed by atoms with van der Waals surface area (Å²) in [7, 11) is -3.54.